The average Bonchev–Trinajstić information content (AvgIpc) is 2.88. The first kappa shape index (κ1) is 22.7. The van der Waals surface area contributed by atoms with E-state index in [1.54, 1.807) is 32.9 Å². The van der Waals surface area contributed by atoms with Crippen LogP contribution in [0.15, 0.2) is 17.0 Å². The summed E-state index contributed by atoms with van der Waals surface area (Å²) in [7, 11) is 0. The van der Waals surface area contributed by atoms with E-state index in [1.165, 1.54) is 6.08 Å². The number of carbonyl (C=O) groups is 3. The molecule has 1 aromatic rings. The Morgan fingerprint density at radius 1 is 1.34 bits per heavy atom. The molecule has 0 atom stereocenters. The summed E-state index contributed by atoms with van der Waals surface area (Å²) in [6, 6.07) is 3.19. The number of carbonyl (C=O) groups excluding carboxylic acids is 3. The highest BCUT2D eigenvalue weighted by Gasteiger charge is 2.36. The van der Waals surface area contributed by atoms with E-state index in [0.29, 0.717) is 23.7 Å². The van der Waals surface area contributed by atoms with Gasteiger partial charge in [0.2, 0.25) is 0 Å². The molecule has 0 spiro atoms. The maximum absolute atomic E-state index is 12.5. The van der Waals surface area contributed by atoms with Gasteiger partial charge in [0.05, 0.1) is 22.6 Å². The summed E-state index contributed by atoms with van der Waals surface area (Å²) in [5.41, 5.74) is 0.529. The molecule has 7 nitrogen and oxygen atoms in total. The van der Waals surface area contributed by atoms with Gasteiger partial charge in [-0.15, -0.1) is 6.42 Å². The molecular weight excluding hydrogens is 418 g/mol. The van der Waals surface area contributed by atoms with E-state index in [0.717, 1.165) is 16.7 Å². The Morgan fingerprint density at radius 3 is 2.69 bits per heavy atom. The lowest BCUT2D eigenvalue weighted by Crippen LogP contribution is -2.35. The first-order chi connectivity index (χ1) is 13.8. The zero-order valence-corrected chi connectivity index (χ0v) is 17.8. The normalized spacial score (nSPS) is 15.0. The van der Waals surface area contributed by atoms with Crippen LogP contribution in [0.1, 0.15) is 26.3 Å². The summed E-state index contributed by atoms with van der Waals surface area (Å²) >= 11 is 7.00. The van der Waals surface area contributed by atoms with Crippen LogP contribution in [0.3, 0.4) is 0 Å². The minimum atomic E-state index is -0.653. The summed E-state index contributed by atoms with van der Waals surface area (Å²) in [5, 5.41) is -0.302. The van der Waals surface area contributed by atoms with E-state index < -0.39 is 23.7 Å². The number of nitrogens with zero attached hydrogens (tertiary/aromatic N) is 1. The molecule has 2 rings (SSSR count). The second kappa shape index (κ2) is 10.2. The van der Waals surface area contributed by atoms with Crippen molar-refractivity contribution in [3.63, 3.8) is 0 Å². The molecule has 1 aliphatic heterocycles. The van der Waals surface area contributed by atoms with Gasteiger partial charge in [-0.05, 0) is 56.3 Å². The van der Waals surface area contributed by atoms with Crippen LogP contribution in [0.25, 0.3) is 6.08 Å². The molecule has 154 valence electrons. The Morgan fingerprint density at radius 2 is 2.07 bits per heavy atom. The second-order valence-corrected chi connectivity index (χ2v) is 7.46. The number of halogens is 1. The topological polar surface area (TPSA) is 82.1 Å². The third kappa shape index (κ3) is 5.92. The maximum atomic E-state index is 12.5. The molecule has 1 aromatic carbocycles. The van der Waals surface area contributed by atoms with Crippen molar-refractivity contribution >= 4 is 46.6 Å². The zero-order chi connectivity index (χ0) is 21.6. The van der Waals surface area contributed by atoms with Crippen molar-refractivity contribution in [2.24, 2.45) is 0 Å². The lowest BCUT2D eigenvalue weighted by atomic mass is 10.1. The van der Waals surface area contributed by atoms with Gasteiger partial charge in [0, 0.05) is 0 Å². The minimum Gasteiger partial charge on any atom is -0.490 e. The van der Waals surface area contributed by atoms with Gasteiger partial charge in [0.25, 0.3) is 11.1 Å². The number of rotatable bonds is 8. The van der Waals surface area contributed by atoms with Crippen molar-refractivity contribution in [1.29, 1.82) is 0 Å². The van der Waals surface area contributed by atoms with Gasteiger partial charge in [-0.2, -0.15) is 0 Å². The molecule has 2 amide bonds. The quantitative estimate of drug-likeness (QED) is 0.348. The fraction of sp³-hybridized carbons (Fsp3) is 0.350. The Kier molecular flexibility index (Phi) is 8.00. The summed E-state index contributed by atoms with van der Waals surface area (Å²) in [5.74, 6) is 1.78. The summed E-state index contributed by atoms with van der Waals surface area (Å²) < 4.78 is 16.0. The van der Waals surface area contributed by atoms with E-state index in [4.69, 9.17) is 32.2 Å². The highest BCUT2D eigenvalue weighted by molar-refractivity contribution is 8.18. The molecule has 9 heteroatoms. The molecule has 29 heavy (non-hydrogen) atoms. The van der Waals surface area contributed by atoms with Crippen molar-refractivity contribution in [2.75, 3.05) is 19.8 Å². The van der Waals surface area contributed by atoms with Gasteiger partial charge in [0.15, 0.2) is 11.5 Å². The summed E-state index contributed by atoms with van der Waals surface area (Å²) in [6.45, 7) is 5.10. The van der Waals surface area contributed by atoms with Crippen molar-refractivity contribution < 1.29 is 28.6 Å². The first-order valence-electron chi connectivity index (χ1n) is 8.74. The molecule has 0 bridgehead atoms. The van der Waals surface area contributed by atoms with Crippen LogP contribution in [-0.2, 0) is 14.3 Å². The molecule has 1 fully saturated rings. The van der Waals surface area contributed by atoms with Crippen LogP contribution in [0.4, 0.5) is 4.79 Å². The van der Waals surface area contributed by atoms with E-state index in [2.05, 4.69) is 5.92 Å². The number of imide groups is 1. The predicted molar refractivity (Wildman–Crippen MR) is 111 cm³/mol. The predicted octanol–water partition coefficient (Wildman–Crippen LogP) is 3.74. The number of hydrogen-bond donors (Lipinski definition) is 0. The van der Waals surface area contributed by atoms with Crippen molar-refractivity contribution in [3.8, 4) is 23.8 Å². The maximum Gasteiger partial charge on any atom is 0.326 e. The van der Waals surface area contributed by atoms with Crippen LogP contribution < -0.4 is 9.47 Å². The van der Waals surface area contributed by atoms with Gasteiger partial charge < -0.3 is 14.2 Å². The number of amides is 2. The number of hydrogen-bond acceptors (Lipinski definition) is 7. The number of ether oxygens (including phenoxy) is 3. The Hall–Kier alpha value is -2.63. The van der Waals surface area contributed by atoms with Gasteiger partial charge in [-0.1, -0.05) is 17.5 Å². The Bertz CT molecular complexity index is 890. The highest BCUT2D eigenvalue weighted by atomic mass is 35.5. The highest BCUT2D eigenvalue weighted by Crippen LogP contribution is 2.39. The second-order valence-electron chi connectivity index (χ2n) is 6.06. The SMILES string of the molecule is C#CCOc1c(Cl)cc(/C=C2/SC(=O)N(CC(=O)OC(C)C)C2=O)cc1OCC. The van der Waals surface area contributed by atoms with Crippen LogP contribution in [0.5, 0.6) is 11.5 Å². The number of thioether (sulfide) groups is 1. The molecule has 0 aliphatic carbocycles. The van der Waals surface area contributed by atoms with Crippen molar-refractivity contribution in [1.82, 2.24) is 4.90 Å². The molecular formula is C20H20ClNO6S. The smallest absolute Gasteiger partial charge is 0.326 e. The molecule has 0 saturated carbocycles. The van der Waals surface area contributed by atoms with Crippen molar-refractivity contribution in [2.45, 2.75) is 26.9 Å². The molecule has 0 radical (unpaired) electrons. The number of benzene rings is 1. The van der Waals surface area contributed by atoms with Crippen LogP contribution >= 0.6 is 23.4 Å². The van der Waals surface area contributed by atoms with Gasteiger partial charge >= 0.3 is 5.97 Å². The fourth-order valence-corrected chi connectivity index (χ4v) is 3.52. The Labute approximate surface area is 178 Å². The number of esters is 1. The third-order valence-corrected chi connectivity index (χ3v) is 4.65. The van der Waals surface area contributed by atoms with E-state index in [-0.39, 0.29) is 22.6 Å². The van der Waals surface area contributed by atoms with E-state index in [9.17, 15) is 14.4 Å². The first-order valence-corrected chi connectivity index (χ1v) is 9.93. The number of terminal acetylenes is 1. The lowest BCUT2D eigenvalue weighted by Gasteiger charge is -2.14. The van der Waals surface area contributed by atoms with Gasteiger partial charge in [0.1, 0.15) is 13.2 Å². The molecule has 1 saturated heterocycles. The minimum absolute atomic E-state index is 0.0184. The van der Waals surface area contributed by atoms with E-state index >= 15 is 0 Å². The standard InChI is InChI=1S/C20H20ClNO6S/c1-5-7-27-18-14(21)8-13(9-15(18)26-6-2)10-16-19(24)22(20(25)29-16)11-17(23)28-12(3)4/h1,8-10,12H,6-7,11H2,2-4H3/b16-10+. The molecule has 0 aromatic heterocycles. The van der Waals surface area contributed by atoms with Crippen LogP contribution in [0, 0.1) is 12.3 Å². The van der Waals surface area contributed by atoms with Crippen molar-refractivity contribution in [3.05, 3.63) is 27.6 Å². The van der Waals surface area contributed by atoms with E-state index in [1.807, 2.05) is 0 Å². The average molecular weight is 438 g/mol. The molecule has 0 N–H and O–H groups in total. The summed E-state index contributed by atoms with van der Waals surface area (Å²) in [4.78, 5) is 37.5. The lowest BCUT2D eigenvalue weighted by molar-refractivity contribution is -0.149. The molecule has 1 aliphatic rings. The van der Waals surface area contributed by atoms with Crippen LogP contribution in [-0.4, -0.2) is 47.9 Å². The fourth-order valence-electron chi connectivity index (χ4n) is 2.41. The van der Waals surface area contributed by atoms with Gasteiger partial charge in [-0.3, -0.25) is 19.3 Å². The molecule has 1 heterocycles. The Balaban J connectivity index is 2.27. The largest absolute Gasteiger partial charge is 0.490 e. The monoisotopic (exact) mass is 437 g/mol. The van der Waals surface area contributed by atoms with Crippen LogP contribution in [0.2, 0.25) is 5.02 Å². The summed E-state index contributed by atoms with van der Waals surface area (Å²) in [6.07, 6.45) is 6.37. The third-order valence-electron chi connectivity index (χ3n) is 3.46. The zero-order valence-electron chi connectivity index (χ0n) is 16.2. The van der Waals surface area contributed by atoms with Gasteiger partial charge in [-0.25, -0.2) is 0 Å². The molecule has 0 unspecified atom stereocenters.